The van der Waals surface area contributed by atoms with Crippen molar-refractivity contribution in [2.24, 2.45) is 0 Å². The summed E-state index contributed by atoms with van der Waals surface area (Å²) in [5, 5.41) is 4.43. The maximum absolute atomic E-state index is 12.4. The fourth-order valence-corrected chi connectivity index (χ4v) is 3.62. The molecule has 1 aliphatic heterocycles. The van der Waals surface area contributed by atoms with E-state index in [1.807, 2.05) is 4.90 Å². The minimum absolute atomic E-state index is 0. The Kier molecular flexibility index (Phi) is 6.18. The molecule has 1 saturated heterocycles. The van der Waals surface area contributed by atoms with Gasteiger partial charge in [-0.15, -0.1) is 17.5 Å². The van der Waals surface area contributed by atoms with E-state index in [2.05, 4.69) is 19.6 Å². The molecule has 1 aromatic carbocycles. The van der Waals surface area contributed by atoms with E-state index < -0.39 is 0 Å². The minimum Gasteiger partial charge on any atom is -0.493 e. The highest BCUT2D eigenvalue weighted by atomic mass is 35.5. The van der Waals surface area contributed by atoms with Gasteiger partial charge in [0.1, 0.15) is 10.7 Å². The largest absolute Gasteiger partial charge is 0.493 e. The molecule has 1 amide bonds. The number of nitrogens with two attached hydrogens (primary N) is 1. The predicted molar refractivity (Wildman–Crippen MR) is 112 cm³/mol. The Bertz CT molecular complexity index is 1010. The lowest BCUT2D eigenvalue weighted by molar-refractivity contribution is 0.0751. The first-order chi connectivity index (χ1) is 13.6. The van der Waals surface area contributed by atoms with Crippen LogP contribution in [0.2, 0.25) is 0 Å². The van der Waals surface area contributed by atoms with E-state index >= 15 is 0 Å². The Hall–Kier alpha value is -2.92. The molecule has 2 aromatic heterocycles. The summed E-state index contributed by atoms with van der Waals surface area (Å²) in [5.74, 6) is 2.00. The lowest BCUT2D eigenvalue weighted by Gasteiger charge is -2.34. The molecule has 3 aromatic rings. The van der Waals surface area contributed by atoms with E-state index in [0.717, 1.165) is 11.5 Å². The second-order valence-electron chi connectivity index (χ2n) is 6.19. The molecule has 29 heavy (non-hydrogen) atoms. The van der Waals surface area contributed by atoms with E-state index in [4.69, 9.17) is 15.2 Å². The van der Waals surface area contributed by atoms with Crippen molar-refractivity contribution in [3.05, 3.63) is 23.2 Å². The van der Waals surface area contributed by atoms with Crippen LogP contribution in [0.25, 0.3) is 10.9 Å². The van der Waals surface area contributed by atoms with Gasteiger partial charge in [-0.25, -0.2) is 4.98 Å². The van der Waals surface area contributed by atoms with Crippen molar-refractivity contribution >= 4 is 52.5 Å². The third-order valence-corrected chi connectivity index (χ3v) is 5.29. The molecular weight excluding hydrogens is 418 g/mol. The first kappa shape index (κ1) is 20.8. The number of anilines is 2. The van der Waals surface area contributed by atoms with Gasteiger partial charge in [-0.05, 0) is 17.6 Å². The summed E-state index contributed by atoms with van der Waals surface area (Å²) in [6.07, 6.45) is 1.49. The SMILES string of the molecule is COc1cc2nc(N3CCN(C(=O)c4cnns4)CC3)nc(N)c2cc1OC.Cl. The second-order valence-corrected chi connectivity index (χ2v) is 6.98. The molecule has 12 heteroatoms. The van der Waals surface area contributed by atoms with Crippen LogP contribution >= 0.6 is 23.9 Å². The third-order valence-electron chi connectivity index (χ3n) is 4.64. The summed E-state index contributed by atoms with van der Waals surface area (Å²) in [4.78, 5) is 25.9. The maximum atomic E-state index is 12.4. The normalized spacial score (nSPS) is 13.9. The van der Waals surface area contributed by atoms with Crippen molar-refractivity contribution in [2.75, 3.05) is 51.0 Å². The average molecular weight is 438 g/mol. The van der Waals surface area contributed by atoms with Crippen molar-refractivity contribution in [2.45, 2.75) is 0 Å². The number of nitrogens with zero attached hydrogens (tertiary/aromatic N) is 6. The Morgan fingerprint density at radius 1 is 1.10 bits per heavy atom. The number of hydrogen-bond donors (Lipinski definition) is 1. The van der Waals surface area contributed by atoms with Crippen molar-refractivity contribution in [1.29, 1.82) is 0 Å². The molecule has 1 fully saturated rings. The van der Waals surface area contributed by atoms with Crippen LogP contribution in [0.15, 0.2) is 18.3 Å². The number of hydrogen-bond acceptors (Lipinski definition) is 10. The summed E-state index contributed by atoms with van der Waals surface area (Å²) in [7, 11) is 3.14. The van der Waals surface area contributed by atoms with E-state index in [9.17, 15) is 4.79 Å². The highest BCUT2D eigenvalue weighted by Gasteiger charge is 2.25. The number of carbonyl (C=O) groups excluding carboxylic acids is 1. The number of rotatable bonds is 4. The molecule has 0 saturated carbocycles. The Balaban J connectivity index is 0.00000240. The van der Waals surface area contributed by atoms with Crippen molar-refractivity contribution in [3.63, 3.8) is 0 Å². The summed E-state index contributed by atoms with van der Waals surface area (Å²) in [6, 6.07) is 3.55. The third kappa shape index (κ3) is 3.96. The van der Waals surface area contributed by atoms with Gasteiger partial charge < -0.3 is 25.0 Å². The van der Waals surface area contributed by atoms with Crippen LogP contribution in [0.4, 0.5) is 11.8 Å². The van der Waals surface area contributed by atoms with Gasteiger partial charge in [0, 0.05) is 37.6 Å². The number of aromatic nitrogens is 4. The molecule has 10 nitrogen and oxygen atoms in total. The highest BCUT2D eigenvalue weighted by Crippen LogP contribution is 2.34. The van der Waals surface area contributed by atoms with Crippen LogP contribution in [0.5, 0.6) is 11.5 Å². The molecule has 0 atom stereocenters. The van der Waals surface area contributed by atoms with Gasteiger partial charge >= 0.3 is 0 Å². The number of nitrogen functional groups attached to an aromatic ring is 1. The maximum Gasteiger partial charge on any atom is 0.267 e. The van der Waals surface area contributed by atoms with Crippen LogP contribution in [0, 0.1) is 0 Å². The summed E-state index contributed by atoms with van der Waals surface area (Å²) in [5.41, 5.74) is 6.84. The zero-order valence-corrected chi connectivity index (χ0v) is 17.5. The fourth-order valence-electron chi connectivity index (χ4n) is 3.13. The predicted octanol–water partition coefficient (Wildman–Crippen LogP) is 1.46. The minimum atomic E-state index is -0.0505. The summed E-state index contributed by atoms with van der Waals surface area (Å²) >= 11 is 1.10. The summed E-state index contributed by atoms with van der Waals surface area (Å²) in [6.45, 7) is 2.33. The molecule has 2 N–H and O–H groups in total. The van der Waals surface area contributed by atoms with Crippen molar-refractivity contribution in [1.82, 2.24) is 24.5 Å². The average Bonchev–Trinajstić information content (AvgIpc) is 3.27. The highest BCUT2D eigenvalue weighted by molar-refractivity contribution is 7.07. The molecule has 0 unspecified atom stereocenters. The molecular formula is C17H20ClN7O3S. The van der Waals surface area contributed by atoms with Crippen LogP contribution in [-0.4, -0.2) is 70.8 Å². The number of fused-ring (bicyclic) bond motifs is 1. The topological polar surface area (TPSA) is 120 Å². The first-order valence-corrected chi connectivity index (χ1v) is 9.39. The number of benzene rings is 1. The lowest BCUT2D eigenvalue weighted by atomic mass is 10.2. The molecule has 0 spiro atoms. The van der Waals surface area contributed by atoms with E-state index in [-0.39, 0.29) is 18.3 Å². The van der Waals surface area contributed by atoms with Gasteiger partial charge in [0.2, 0.25) is 5.95 Å². The van der Waals surface area contributed by atoms with E-state index in [1.165, 1.54) is 6.20 Å². The first-order valence-electron chi connectivity index (χ1n) is 8.61. The Labute approximate surface area is 177 Å². The fraction of sp³-hybridized carbons (Fsp3) is 0.353. The van der Waals surface area contributed by atoms with Gasteiger partial charge in [0.15, 0.2) is 11.5 Å². The Morgan fingerprint density at radius 2 is 1.79 bits per heavy atom. The number of amides is 1. The summed E-state index contributed by atoms with van der Waals surface area (Å²) < 4.78 is 14.4. The molecule has 0 radical (unpaired) electrons. The zero-order chi connectivity index (χ0) is 19.7. The van der Waals surface area contributed by atoms with Gasteiger partial charge in [-0.1, -0.05) is 4.49 Å². The number of ether oxygens (including phenoxy) is 2. The van der Waals surface area contributed by atoms with Gasteiger partial charge in [-0.2, -0.15) is 4.98 Å². The lowest BCUT2D eigenvalue weighted by Crippen LogP contribution is -2.49. The zero-order valence-electron chi connectivity index (χ0n) is 15.9. The molecule has 0 bridgehead atoms. The van der Waals surface area contributed by atoms with E-state index in [1.54, 1.807) is 31.3 Å². The number of methoxy groups -OCH3 is 2. The van der Waals surface area contributed by atoms with Crippen molar-refractivity contribution in [3.8, 4) is 11.5 Å². The van der Waals surface area contributed by atoms with Crippen LogP contribution in [0.1, 0.15) is 9.67 Å². The van der Waals surface area contributed by atoms with Gasteiger partial charge in [0.05, 0.1) is 25.9 Å². The molecule has 3 heterocycles. The van der Waals surface area contributed by atoms with Crippen LogP contribution < -0.4 is 20.1 Å². The van der Waals surface area contributed by atoms with Crippen LogP contribution in [-0.2, 0) is 0 Å². The van der Waals surface area contributed by atoms with Gasteiger partial charge in [-0.3, -0.25) is 4.79 Å². The molecule has 0 aliphatic carbocycles. The standard InChI is InChI=1S/C17H19N7O3S.ClH/c1-26-12-7-10-11(8-13(12)27-2)20-17(21-15(10)18)24-5-3-23(4-6-24)16(25)14-9-19-22-28-14;/h7-9H,3-6H2,1-2H3,(H2,18,20,21);1H. The smallest absolute Gasteiger partial charge is 0.267 e. The second kappa shape index (κ2) is 8.62. The monoisotopic (exact) mass is 437 g/mol. The number of halogens is 1. The number of carbonyl (C=O) groups is 1. The molecule has 1 aliphatic rings. The van der Waals surface area contributed by atoms with E-state index in [0.29, 0.717) is 65.2 Å². The van der Waals surface area contributed by atoms with Crippen molar-refractivity contribution < 1.29 is 14.3 Å². The molecule has 4 rings (SSSR count). The van der Waals surface area contributed by atoms with Gasteiger partial charge in [0.25, 0.3) is 5.91 Å². The molecule has 154 valence electrons. The number of piperazine rings is 1. The Morgan fingerprint density at radius 3 is 2.41 bits per heavy atom. The van der Waals surface area contributed by atoms with Crippen LogP contribution in [0.3, 0.4) is 0 Å². The quantitative estimate of drug-likeness (QED) is 0.646.